The van der Waals surface area contributed by atoms with Gasteiger partial charge in [-0.2, -0.15) is 13.2 Å². The summed E-state index contributed by atoms with van der Waals surface area (Å²) in [6.07, 6.45) is -2.74. The predicted octanol–water partition coefficient (Wildman–Crippen LogP) is 3.53. The summed E-state index contributed by atoms with van der Waals surface area (Å²) in [5.41, 5.74) is -0.141. The van der Waals surface area contributed by atoms with Crippen LogP contribution in [0.3, 0.4) is 0 Å². The number of halogens is 3. The van der Waals surface area contributed by atoms with Gasteiger partial charge in [0.25, 0.3) is 0 Å². The molecule has 3 rings (SSSR count). The number of ether oxygens (including phenoxy) is 3. The average Bonchev–Trinajstić information content (AvgIpc) is 2.95. The number of pyridine rings is 1. The maximum Gasteiger partial charge on any atom is 0.471 e. The summed E-state index contributed by atoms with van der Waals surface area (Å²) in [5, 5.41) is 0. The lowest BCUT2D eigenvalue weighted by atomic mass is 9.97. The molecule has 178 valence electrons. The summed E-state index contributed by atoms with van der Waals surface area (Å²) in [6, 6.07) is 1.31. The van der Waals surface area contributed by atoms with E-state index in [-0.39, 0.29) is 38.6 Å². The highest BCUT2D eigenvalue weighted by Gasteiger charge is 2.45. The van der Waals surface area contributed by atoms with Gasteiger partial charge in [0.15, 0.2) is 11.5 Å². The summed E-state index contributed by atoms with van der Waals surface area (Å²) in [4.78, 5) is 31.0. The molecule has 8 nitrogen and oxygen atoms in total. The van der Waals surface area contributed by atoms with Crippen LogP contribution in [0.15, 0.2) is 12.3 Å². The predicted molar refractivity (Wildman–Crippen MR) is 107 cm³/mol. The molecule has 0 N–H and O–H groups in total. The lowest BCUT2D eigenvalue weighted by Gasteiger charge is -2.44. The minimum atomic E-state index is -4.90. The lowest BCUT2D eigenvalue weighted by Crippen LogP contribution is -2.56. The Morgan fingerprint density at radius 1 is 1.16 bits per heavy atom. The second-order valence-corrected chi connectivity index (χ2v) is 8.79. The Labute approximate surface area is 184 Å². The molecule has 0 radical (unpaired) electrons. The fraction of sp³-hybridized carbons (Fsp3) is 0.667. The third kappa shape index (κ3) is 5.74. The second kappa shape index (κ2) is 9.41. The number of carbonyl (C=O) groups is 2. The van der Waals surface area contributed by atoms with Gasteiger partial charge in [0.05, 0.1) is 25.1 Å². The van der Waals surface area contributed by atoms with Crippen molar-refractivity contribution in [2.24, 2.45) is 0 Å². The highest BCUT2D eigenvalue weighted by Crippen LogP contribution is 2.30. The van der Waals surface area contributed by atoms with E-state index in [1.807, 2.05) is 20.8 Å². The third-order valence-corrected chi connectivity index (χ3v) is 5.31. The first-order chi connectivity index (χ1) is 15.0. The number of rotatable bonds is 3. The van der Waals surface area contributed by atoms with E-state index in [4.69, 9.17) is 14.2 Å². The Kier molecular flexibility index (Phi) is 7.04. The van der Waals surface area contributed by atoms with Crippen LogP contribution in [0.5, 0.6) is 11.5 Å². The minimum absolute atomic E-state index is 0.0768. The monoisotopic (exact) mass is 459 g/mol. The quantitative estimate of drug-likeness (QED) is 0.688. The van der Waals surface area contributed by atoms with E-state index < -0.39 is 23.7 Å². The average molecular weight is 459 g/mol. The van der Waals surface area contributed by atoms with Gasteiger partial charge in [-0.3, -0.25) is 9.78 Å². The molecule has 2 aliphatic rings. The number of hydrogen-bond acceptors (Lipinski definition) is 6. The first-order valence-electron chi connectivity index (χ1n) is 10.5. The van der Waals surface area contributed by atoms with Crippen molar-refractivity contribution in [3.8, 4) is 11.5 Å². The number of aromatic nitrogens is 1. The van der Waals surface area contributed by atoms with E-state index in [9.17, 15) is 22.8 Å². The van der Waals surface area contributed by atoms with E-state index in [2.05, 4.69) is 4.98 Å². The Hall–Kier alpha value is -2.72. The molecule has 1 aromatic heterocycles. The van der Waals surface area contributed by atoms with Gasteiger partial charge in [-0.25, -0.2) is 4.79 Å². The van der Waals surface area contributed by atoms with E-state index in [0.29, 0.717) is 30.4 Å². The van der Waals surface area contributed by atoms with Crippen LogP contribution >= 0.6 is 0 Å². The SMILES string of the molecule is CC(C)(C)N(C(=O)OCc1cc2c(cn1)OCCCO2)C1CCN(C(=O)C(F)(F)F)CC1. The molecule has 32 heavy (non-hydrogen) atoms. The molecule has 0 unspecified atom stereocenters. The van der Waals surface area contributed by atoms with Crippen molar-refractivity contribution >= 4 is 12.0 Å². The van der Waals surface area contributed by atoms with Crippen LogP contribution in [-0.4, -0.2) is 70.8 Å². The molecular formula is C21H28F3N3O5. The zero-order chi connectivity index (χ0) is 23.5. The van der Waals surface area contributed by atoms with E-state index >= 15 is 0 Å². The van der Waals surface area contributed by atoms with Crippen LogP contribution in [0.2, 0.25) is 0 Å². The van der Waals surface area contributed by atoms with Crippen molar-refractivity contribution in [1.29, 1.82) is 0 Å². The standard InChI is InChI=1S/C21H28F3N3O5/c1-20(2,3)27(15-5-7-26(8-6-15)18(28)21(22,23)24)19(29)32-13-14-11-16-17(12-25-14)31-10-4-9-30-16/h11-12,15H,4-10,13H2,1-3H3. The zero-order valence-corrected chi connectivity index (χ0v) is 18.4. The van der Waals surface area contributed by atoms with Gasteiger partial charge < -0.3 is 24.0 Å². The molecule has 0 aromatic carbocycles. The van der Waals surface area contributed by atoms with Gasteiger partial charge in [-0.05, 0) is 33.6 Å². The van der Waals surface area contributed by atoms with Gasteiger partial charge in [-0.15, -0.1) is 0 Å². The normalized spacial score (nSPS) is 17.5. The number of piperidine rings is 1. The van der Waals surface area contributed by atoms with Crippen LogP contribution in [0.1, 0.15) is 45.7 Å². The number of nitrogens with zero attached hydrogens (tertiary/aromatic N) is 3. The molecule has 1 fully saturated rings. The van der Waals surface area contributed by atoms with Crippen molar-refractivity contribution in [3.05, 3.63) is 18.0 Å². The maximum atomic E-state index is 12.9. The van der Waals surface area contributed by atoms with E-state index in [0.717, 1.165) is 11.3 Å². The van der Waals surface area contributed by atoms with Crippen LogP contribution in [0, 0.1) is 0 Å². The molecule has 0 bridgehead atoms. The number of alkyl halides is 3. The first-order valence-corrected chi connectivity index (χ1v) is 10.5. The van der Waals surface area contributed by atoms with Gasteiger partial charge >= 0.3 is 18.2 Å². The third-order valence-electron chi connectivity index (χ3n) is 5.31. The largest absolute Gasteiger partial charge is 0.489 e. The first kappa shape index (κ1) is 23.9. The molecule has 2 amide bonds. The van der Waals surface area contributed by atoms with Crippen LogP contribution in [-0.2, 0) is 16.1 Å². The topological polar surface area (TPSA) is 81.2 Å². The minimum Gasteiger partial charge on any atom is -0.489 e. The van der Waals surface area contributed by atoms with Crippen molar-refractivity contribution < 1.29 is 37.0 Å². The Morgan fingerprint density at radius 3 is 2.38 bits per heavy atom. The number of fused-ring (bicyclic) bond motifs is 1. The van der Waals surface area contributed by atoms with Crippen LogP contribution < -0.4 is 9.47 Å². The molecule has 0 aliphatic carbocycles. The van der Waals surface area contributed by atoms with Crippen LogP contribution in [0.25, 0.3) is 0 Å². The second-order valence-electron chi connectivity index (χ2n) is 8.79. The Balaban J connectivity index is 1.62. The molecule has 3 heterocycles. The molecule has 0 atom stereocenters. The number of hydrogen-bond donors (Lipinski definition) is 0. The summed E-state index contributed by atoms with van der Waals surface area (Å²) in [5.74, 6) is -0.770. The molecule has 1 aromatic rings. The summed E-state index contributed by atoms with van der Waals surface area (Å²) >= 11 is 0. The van der Waals surface area contributed by atoms with Gasteiger partial charge in [-0.1, -0.05) is 0 Å². The lowest BCUT2D eigenvalue weighted by molar-refractivity contribution is -0.186. The number of amides is 2. The van der Waals surface area contributed by atoms with Crippen molar-refractivity contribution in [3.63, 3.8) is 0 Å². The highest BCUT2D eigenvalue weighted by atomic mass is 19.4. The summed E-state index contributed by atoms with van der Waals surface area (Å²) < 4.78 is 54.7. The maximum absolute atomic E-state index is 12.9. The Bertz CT molecular complexity index is 833. The molecule has 0 saturated carbocycles. The molecule has 11 heteroatoms. The molecular weight excluding hydrogens is 431 g/mol. The summed E-state index contributed by atoms with van der Waals surface area (Å²) in [7, 11) is 0. The highest BCUT2D eigenvalue weighted by molar-refractivity contribution is 5.82. The molecule has 0 spiro atoms. The summed E-state index contributed by atoms with van der Waals surface area (Å²) in [6.45, 7) is 6.29. The zero-order valence-electron chi connectivity index (χ0n) is 18.4. The van der Waals surface area contributed by atoms with Crippen LogP contribution in [0.4, 0.5) is 18.0 Å². The van der Waals surface area contributed by atoms with Gasteiger partial charge in [0, 0.05) is 37.2 Å². The van der Waals surface area contributed by atoms with E-state index in [1.54, 1.807) is 6.07 Å². The van der Waals surface area contributed by atoms with Gasteiger partial charge in [0.1, 0.15) is 6.61 Å². The van der Waals surface area contributed by atoms with Crippen molar-refractivity contribution in [2.75, 3.05) is 26.3 Å². The smallest absolute Gasteiger partial charge is 0.471 e. The Morgan fingerprint density at radius 2 is 1.78 bits per heavy atom. The fourth-order valence-corrected chi connectivity index (χ4v) is 3.87. The number of carbonyl (C=O) groups excluding carboxylic acids is 2. The van der Waals surface area contributed by atoms with E-state index in [1.165, 1.54) is 11.1 Å². The molecule has 1 saturated heterocycles. The van der Waals surface area contributed by atoms with Crippen molar-refractivity contribution in [1.82, 2.24) is 14.8 Å². The fourth-order valence-electron chi connectivity index (χ4n) is 3.87. The number of likely N-dealkylation sites (tertiary alicyclic amines) is 1. The molecule has 2 aliphatic heterocycles. The van der Waals surface area contributed by atoms with Gasteiger partial charge in [0.2, 0.25) is 0 Å². The van der Waals surface area contributed by atoms with Crippen molar-refractivity contribution in [2.45, 2.75) is 64.4 Å².